The fraction of sp³-hybridized carbons (Fsp3) is 0.588. The molecule has 0 heterocycles. The number of nitro benzene ring substituents is 1. The number of benzene rings is 1. The van der Waals surface area contributed by atoms with Gasteiger partial charge in [0, 0.05) is 32.3 Å². The van der Waals surface area contributed by atoms with Crippen molar-refractivity contribution in [3.63, 3.8) is 0 Å². The second-order valence-electron chi connectivity index (χ2n) is 6.26. The predicted octanol–water partition coefficient (Wildman–Crippen LogP) is 3.85. The lowest BCUT2D eigenvalue weighted by Gasteiger charge is -2.28. The Hall–Kier alpha value is -1.38. The second kappa shape index (κ2) is 9.80. The molecule has 0 saturated heterocycles. The van der Waals surface area contributed by atoms with E-state index in [1.165, 1.54) is 44.2 Å². The highest BCUT2D eigenvalue weighted by molar-refractivity contribution is 14.0. The van der Waals surface area contributed by atoms with Crippen LogP contribution in [0, 0.1) is 15.5 Å². The van der Waals surface area contributed by atoms with Crippen molar-refractivity contribution in [3.8, 4) is 0 Å². The normalized spacial score (nSPS) is 16.3. The van der Waals surface area contributed by atoms with Gasteiger partial charge in [-0.2, -0.15) is 0 Å². The van der Waals surface area contributed by atoms with Crippen LogP contribution in [0.2, 0.25) is 0 Å². The van der Waals surface area contributed by atoms with Gasteiger partial charge in [0.2, 0.25) is 0 Å². The fourth-order valence-corrected chi connectivity index (χ4v) is 3.19. The van der Waals surface area contributed by atoms with Crippen molar-refractivity contribution in [2.75, 3.05) is 13.6 Å². The van der Waals surface area contributed by atoms with Gasteiger partial charge < -0.3 is 10.6 Å². The van der Waals surface area contributed by atoms with E-state index >= 15 is 0 Å². The summed E-state index contributed by atoms with van der Waals surface area (Å²) in [6.45, 7) is 3.81. The number of nitrogens with zero attached hydrogens (tertiary/aromatic N) is 2. The van der Waals surface area contributed by atoms with Crippen LogP contribution in [-0.4, -0.2) is 24.5 Å². The summed E-state index contributed by atoms with van der Waals surface area (Å²) in [5.74, 6) is 0.781. The number of rotatable bonds is 6. The zero-order chi connectivity index (χ0) is 16.7. The van der Waals surface area contributed by atoms with Gasteiger partial charge in [-0.25, -0.2) is 0 Å². The van der Waals surface area contributed by atoms with Crippen molar-refractivity contribution in [2.24, 2.45) is 10.4 Å². The molecule has 0 radical (unpaired) electrons. The molecule has 1 aromatic carbocycles. The average molecular weight is 446 g/mol. The van der Waals surface area contributed by atoms with Gasteiger partial charge in [0.25, 0.3) is 5.69 Å². The molecule has 134 valence electrons. The third-order valence-corrected chi connectivity index (χ3v) is 4.88. The molecule has 1 saturated carbocycles. The van der Waals surface area contributed by atoms with Gasteiger partial charge in [0.1, 0.15) is 0 Å². The Morgan fingerprint density at radius 2 is 1.88 bits per heavy atom. The first-order valence-electron chi connectivity index (χ1n) is 8.26. The van der Waals surface area contributed by atoms with Gasteiger partial charge in [0.05, 0.1) is 4.92 Å². The van der Waals surface area contributed by atoms with Crippen molar-refractivity contribution in [2.45, 2.75) is 45.6 Å². The largest absolute Gasteiger partial charge is 0.356 e. The molecule has 1 aromatic rings. The molecule has 24 heavy (non-hydrogen) atoms. The zero-order valence-corrected chi connectivity index (χ0v) is 16.7. The van der Waals surface area contributed by atoms with Gasteiger partial charge in [-0.3, -0.25) is 15.1 Å². The van der Waals surface area contributed by atoms with E-state index < -0.39 is 0 Å². The number of aliphatic imine (C=N–C) groups is 1. The molecule has 0 bridgehead atoms. The first kappa shape index (κ1) is 20.7. The smallest absolute Gasteiger partial charge is 0.269 e. The molecule has 2 N–H and O–H groups in total. The monoisotopic (exact) mass is 446 g/mol. The highest BCUT2D eigenvalue weighted by atomic mass is 127. The molecule has 0 unspecified atom stereocenters. The Kier molecular flexibility index (Phi) is 8.44. The SMILES string of the molecule is CCC1(CNC(=NC)NCc2ccc([N+](=O)[O-])cc2)CCCC1.I. The summed E-state index contributed by atoms with van der Waals surface area (Å²) in [6.07, 6.45) is 6.42. The lowest BCUT2D eigenvalue weighted by atomic mass is 9.83. The fourth-order valence-electron chi connectivity index (χ4n) is 3.19. The van der Waals surface area contributed by atoms with Gasteiger partial charge in [-0.15, -0.1) is 24.0 Å². The summed E-state index contributed by atoms with van der Waals surface area (Å²) < 4.78 is 0. The van der Waals surface area contributed by atoms with Crippen LogP contribution in [0.5, 0.6) is 0 Å². The van der Waals surface area contributed by atoms with Crippen molar-refractivity contribution >= 4 is 35.6 Å². The van der Waals surface area contributed by atoms with Crippen LogP contribution in [0.3, 0.4) is 0 Å². The first-order valence-corrected chi connectivity index (χ1v) is 8.26. The minimum absolute atomic E-state index is 0. The number of guanidine groups is 1. The van der Waals surface area contributed by atoms with Gasteiger partial charge in [-0.05, 0) is 30.2 Å². The maximum atomic E-state index is 10.7. The molecule has 0 aromatic heterocycles. The molecule has 0 aliphatic heterocycles. The molecular weight excluding hydrogens is 419 g/mol. The number of non-ortho nitro benzene ring substituents is 1. The Labute approximate surface area is 160 Å². The molecule has 6 nitrogen and oxygen atoms in total. The molecular formula is C17H27IN4O2. The lowest BCUT2D eigenvalue weighted by Crippen LogP contribution is -2.42. The molecule has 1 fully saturated rings. The van der Waals surface area contributed by atoms with Gasteiger partial charge >= 0.3 is 0 Å². The average Bonchev–Trinajstić information content (AvgIpc) is 3.05. The van der Waals surface area contributed by atoms with Crippen molar-refractivity contribution < 1.29 is 4.92 Å². The summed E-state index contributed by atoms with van der Waals surface area (Å²) in [4.78, 5) is 14.5. The Morgan fingerprint density at radius 1 is 1.25 bits per heavy atom. The van der Waals surface area contributed by atoms with Crippen LogP contribution in [0.15, 0.2) is 29.3 Å². The maximum Gasteiger partial charge on any atom is 0.269 e. The van der Waals surface area contributed by atoms with Crippen LogP contribution in [0.25, 0.3) is 0 Å². The van der Waals surface area contributed by atoms with Crippen LogP contribution < -0.4 is 10.6 Å². The van der Waals surface area contributed by atoms with Crippen molar-refractivity contribution in [1.29, 1.82) is 0 Å². The summed E-state index contributed by atoms with van der Waals surface area (Å²) >= 11 is 0. The minimum atomic E-state index is -0.385. The number of hydrogen-bond donors (Lipinski definition) is 2. The van der Waals surface area contributed by atoms with Gasteiger partial charge in [0.15, 0.2) is 5.96 Å². The van der Waals surface area contributed by atoms with Crippen LogP contribution in [0.1, 0.15) is 44.6 Å². The van der Waals surface area contributed by atoms with Crippen molar-refractivity contribution in [3.05, 3.63) is 39.9 Å². The molecule has 0 atom stereocenters. The van der Waals surface area contributed by atoms with Gasteiger partial charge in [-0.1, -0.05) is 31.9 Å². The van der Waals surface area contributed by atoms with E-state index in [1.807, 2.05) is 0 Å². The zero-order valence-electron chi connectivity index (χ0n) is 14.4. The van der Waals surface area contributed by atoms with E-state index in [4.69, 9.17) is 0 Å². The maximum absolute atomic E-state index is 10.7. The molecule has 0 amide bonds. The number of hydrogen-bond acceptors (Lipinski definition) is 3. The highest BCUT2D eigenvalue weighted by Crippen LogP contribution is 2.40. The molecule has 1 aliphatic rings. The molecule has 2 rings (SSSR count). The molecule has 1 aliphatic carbocycles. The van der Waals surface area contributed by atoms with Crippen LogP contribution in [0.4, 0.5) is 5.69 Å². The quantitative estimate of drug-likeness (QED) is 0.229. The summed E-state index contributed by atoms with van der Waals surface area (Å²) in [5.41, 5.74) is 1.51. The first-order chi connectivity index (χ1) is 11.1. The summed E-state index contributed by atoms with van der Waals surface area (Å²) in [5, 5.41) is 17.4. The Morgan fingerprint density at radius 3 is 2.38 bits per heavy atom. The van der Waals surface area contributed by atoms with E-state index in [0.29, 0.717) is 12.0 Å². The summed E-state index contributed by atoms with van der Waals surface area (Å²) in [7, 11) is 1.76. The third-order valence-electron chi connectivity index (χ3n) is 4.88. The number of nitrogens with one attached hydrogen (secondary N) is 2. The standard InChI is InChI=1S/C17H26N4O2.HI/c1-3-17(10-4-5-11-17)13-20-16(18-2)19-12-14-6-8-15(9-7-14)21(22)23;/h6-9H,3-5,10-13H2,1-2H3,(H2,18,19,20);1H. The Bertz CT molecular complexity index is 554. The van der Waals surface area contributed by atoms with E-state index in [2.05, 4.69) is 22.5 Å². The highest BCUT2D eigenvalue weighted by Gasteiger charge is 2.31. The lowest BCUT2D eigenvalue weighted by molar-refractivity contribution is -0.384. The van der Waals surface area contributed by atoms with E-state index in [0.717, 1.165) is 18.1 Å². The minimum Gasteiger partial charge on any atom is -0.356 e. The predicted molar refractivity (Wildman–Crippen MR) is 108 cm³/mol. The van der Waals surface area contributed by atoms with E-state index in [9.17, 15) is 10.1 Å². The number of halogens is 1. The number of nitro groups is 1. The second-order valence-corrected chi connectivity index (χ2v) is 6.26. The third kappa shape index (κ3) is 5.61. The molecule has 7 heteroatoms. The molecule has 0 spiro atoms. The van der Waals surface area contributed by atoms with Crippen LogP contribution in [-0.2, 0) is 6.54 Å². The Balaban J connectivity index is 0.00000288. The summed E-state index contributed by atoms with van der Waals surface area (Å²) in [6, 6.07) is 6.58. The van der Waals surface area contributed by atoms with Crippen molar-refractivity contribution in [1.82, 2.24) is 10.6 Å². The van der Waals surface area contributed by atoms with E-state index in [1.54, 1.807) is 19.2 Å². The van der Waals surface area contributed by atoms with E-state index in [-0.39, 0.29) is 34.6 Å². The topological polar surface area (TPSA) is 79.6 Å². The van der Waals surface area contributed by atoms with Crippen LogP contribution >= 0.6 is 24.0 Å².